The Kier molecular flexibility index (Phi) is 4.16. The summed E-state index contributed by atoms with van der Waals surface area (Å²) in [5, 5.41) is 6.61. The van der Waals surface area contributed by atoms with Crippen LogP contribution in [-0.4, -0.2) is 77.1 Å². The summed E-state index contributed by atoms with van der Waals surface area (Å²) >= 11 is 0. The molecule has 0 saturated carbocycles. The number of rotatable bonds is 4. The summed E-state index contributed by atoms with van der Waals surface area (Å²) in [7, 11) is 4.77. The van der Waals surface area contributed by atoms with Gasteiger partial charge in [-0.25, -0.2) is 4.68 Å². The molecule has 9 nitrogen and oxygen atoms in total. The van der Waals surface area contributed by atoms with Gasteiger partial charge in [-0.1, -0.05) is 0 Å². The number of aromatic nitrogens is 2. The minimum atomic E-state index is -0.300. The fourth-order valence-corrected chi connectivity index (χ4v) is 3.27. The minimum Gasteiger partial charge on any atom is -0.481 e. The van der Waals surface area contributed by atoms with E-state index in [1.165, 1.54) is 18.0 Å². The molecule has 24 heavy (non-hydrogen) atoms. The molecular weight excluding hydrogens is 314 g/mol. The lowest BCUT2D eigenvalue weighted by Crippen LogP contribution is -2.61. The maximum Gasteiger partial charge on any atom is 0.261 e. The molecule has 2 saturated heterocycles. The van der Waals surface area contributed by atoms with E-state index < -0.39 is 0 Å². The molecule has 1 aromatic rings. The van der Waals surface area contributed by atoms with Crippen molar-refractivity contribution < 1.29 is 19.1 Å². The molecular formula is C15H21N5O4. The first-order valence-electron chi connectivity index (χ1n) is 7.82. The summed E-state index contributed by atoms with van der Waals surface area (Å²) in [4.78, 5) is 39.7. The molecule has 2 fully saturated rings. The zero-order chi connectivity index (χ0) is 17.4. The molecule has 0 radical (unpaired) electrons. The number of nitrogens with zero attached hydrogens (tertiary/aromatic N) is 4. The quantitative estimate of drug-likeness (QED) is 0.749. The van der Waals surface area contributed by atoms with E-state index >= 15 is 0 Å². The summed E-state index contributed by atoms with van der Waals surface area (Å²) in [5.41, 5.74) is 0.412. The van der Waals surface area contributed by atoms with Crippen LogP contribution in [0.3, 0.4) is 0 Å². The first-order chi connectivity index (χ1) is 11.5. The Bertz CT molecular complexity index is 679. The highest BCUT2D eigenvalue weighted by molar-refractivity contribution is 5.97. The third-order valence-corrected chi connectivity index (χ3v) is 4.67. The lowest BCUT2D eigenvalue weighted by atomic mass is 10.1. The minimum absolute atomic E-state index is 0.0281. The van der Waals surface area contributed by atoms with E-state index in [-0.39, 0.29) is 36.1 Å². The molecule has 1 N–H and O–H groups in total. The maximum atomic E-state index is 12.5. The molecule has 2 aliphatic rings. The van der Waals surface area contributed by atoms with Gasteiger partial charge >= 0.3 is 0 Å². The second kappa shape index (κ2) is 6.14. The van der Waals surface area contributed by atoms with Crippen LogP contribution in [0.25, 0.3) is 0 Å². The van der Waals surface area contributed by atoms with Crippen molar-refractivity contribution in [1.82, 2.24) is 24.9 Å². The molecule has 0 bridgehead atoms. The Morgan fingerprint density at radius 3 is 2.67 bits per heavy atom. The molecule has 1 unspecified atom stereocenters. The zero-order valence-electron chi connectivity index (χ0n) is 14.0. The Morgan fingerprint density at radius 1 is 1.33 bits per heavy atom. The lowest BCUT2D eigenvalue weighted by Gasteiger charge is -2.43. The van der Waals surface area contributed by atoms with Crippen molar-refractivity contribution in [3.8, 4) is 5.88 Å². The van der Waals surface area contributed by atoms with E-state index in [4.69, 9.17) is 4.74 Å². The monoisotopic (exact) mass is 335 g/mol. The lowest BCUT2D eigenvalue weighted by molar-refractivity contribution is -0.132. The van der Waals surface area contributed by atoms with Crippen LogP contribution in [0.4, 0.5) is 0 Å². The topological polar surface area (TPSA) is 96.8 Å². The van der Waals surface area contributed by atoms with Crippen molar-refractivity contribution in [2.45, 2.75) is 12.5 Å². The van der Waals surface area contributed by atoms with E-state index in [9.17, 15) is 14.4 Å². The van der Waals surface area contributed by atoms with Gasteiger partial charge in [-0.15, -0.1) is 0 Å². The van der Waals surface area contributed by atoms with Crippen LogP contribution in [-0.2, 0) is 16.6 Å². The Balaban J connectivity index is 1.60. The number of ether oxygens (including phenoxy) is 1. The largest absolute Gasteiger partial charge is 0.481 e. The van der Waals surface area contributed by atoms with Gasteiger partial charge in [-0.3, -0.25) is 14.4 Å². The van der Waals surface area contributed by atoms with Crippen molar-refractivity contribution in [1.29, 1.82) is 0 Å². The highest BCUT2D eigenvalue weighted by Crippen LogP contribution is 2.27. The molecule has 0 spiro atoms. The fraction of sp³-hybridized carbons (Fsp3) is 0.600. The number of nitrogens with one attached hydrogen (secondary N) is 1. The maximum absolute atomic E-state index is 12.5. The van der Waals surface area contributed by atoms with Crippen LogP contribution in [0.5, 0.6) is 5.88 Å². The van der Waals surface area contributed by atoms with E-state index in [0.717, 1.165) is 0 Å². The molecule has 0 aliphatic carbocycles. The van der Waals surface area contributed by atoms with Crippen LogP contribution in [0, 0.1) is 5.92 Å². The number of likely N-dealkylation sites (tertiary alicyclic amines) is 2. The average Bonchev–Trinajstić information content (AvgIpc) is 3.08. The summed E-state index contributed by atoms with van der Waals surface area (Å²) in [5.74, 6) is -0.186. The SMILES string of the molecule is CNC(=O)C1CC(=O)N(C2CN(C(=O)c3cnn(C)c3OC)C2)C1. The van der Waals surface area contributed by atoms with Gasteiger partial charge in [0.05, 0.1) is 25.3 Å². The fourth-order valence-electron chi connectivity index (χ4n) is 3.27. The Hall–Kier alpha value is -2.58. The average molecular weight is 335 g/mol. The third-order valence-electron chi connectivity index (χ3n) is 4.67. The number of aryl methyl sites for hydroxylation is 1. The van der Waals surface area contributed by atoms with Crippen molar-refractivity contribution >= 4 is 17.7 Å². The first kappa shape index (κ1) is 16.3. The molecule has 1 aromatic heterocycles. The molecule has 0 aromatic carbocycles. The number of carbonyl (C=O) groups excluding carboxylic acids is 3. The third kappa shape index (κ3) is 2.59. The van der Waals surface area contributed by atoms with E-state index in [1.807, 2.05) is 0 Å². The van der Waals surface area contributed by atoms with Gasteiger partial charge in [-0.2, -0.15) is 5.10 Å². The molecule has 3 heterocycles. The van der Waals surface area contributed by atoms with Crippen molar-refractivity contribution in [3.63, 3.8) is 0 Å². The summed E-state index contributed by atoms with van der Waals surface area (Å²) in [6.07, 6.45) is 1.72. The Morgan fingerprint density at radius 2 is 2.04 bits per heavy atom. The van der Waals surface area contributed by atoms with Crippen LogP contribution in [0.2, 0.25) is 0 Å². The number of hydrogen-bond donors (Lipinski definition) is 1. The second-order valence-corrected chi connectivity index (χ2v) is 6.12. The predicted octanol–water partition coefficient (Wildman–Crippen LogP) is -1.15. The van der Waals surface area contributed by atoms with Gasteiger partial charge < -0.3 is 19.9 Å². The molecule has 3 rings (SSSR count). The second-order valence-electron chi connectivity index (χ2n) is 6.12. The summed E-state index contributed by atoms with van der Waals surface area (Å²) in [6.45, 7) is 1.34. The number of hydrogen-bond acceptors (Lipinski definition) is 5. The van der Waals surface area contributed by atoms with Crippen LogP contribution < -0.4 is 10.1 Å². The molecule has 9 heteroatoms. The van der Waals surface area contributed by atoms with Gasteiger partial charge in [0, 0.05) is 40.2 Å². The van der Waals surface area contributed by atoms with Crippen molar-refractivity contribution in [2.24, 2.45) is 13.0 Å². The van der Waals surface area contributed by atoms with Crippen LogP contribution >= 0.6 is 0 Å². The number of carbonyl (C=O) groups is 3. The smallest absolute Gasteiger partial charge is 0.261 e. The summed E-state index contributed by atoms with van der Waals surface area (Å²) in [6, 6.07) is -0.0289. The first-order valence-corrected chi connectivity index (χ1v) is 7.82. The van der Waals surface area contributed by atoms with Gasteiger partial charge in [-0.05, 0) is 0 Å². The van der Waals surface area contributed by atoms with Crippen molar-refractivity contribution in [2.75, 3.05) is 33.8 Å². The molecule has 1 atom stereocenters. The Labute approximate surface area is 139 Å². The number of methoxy groups -OCH3 is 1. The molecule has 2 aliphatic heterocycles. The highest BCUT2D eigenvalue weighted by atomic mass is 16.5. The van der Waals surface area contributed by atoms with Gasteiger partial charge in [0.25, 0.3) is 5.91 Å². The van der Waals surface area contributed by atoms with E-state index in [0.29, 0.717) is 31.1 Å². The normalized spacial score (nSPS) is 21.0. The molecule has 130 valence electrons. The van der Waals surface area contributed by atoms with Gasteiger partial charge in [0.15, 0.2) is 0 Å². The van der Waals surface area contributed by atoms with Crippen LogP contribution in [0.15, 0.2) is 6.20 Å². The van der Waals surface area contributed by atoms with Gasteiger partial charge in [0.2, 0.25) is 17.7 Å². The predicted molar refractivity (Wildman–Crippen MR) is 83.3 cm³/mol. The van der Waals surface area contributed by atoms with E-state index in [1.54, 1.807) is 23.9 Å². The zero-order valence-corrected chi connectivity index (χ0v) is 14.0. The van der Waals surface area contributed by atoms with E-state index in [2.05, 4.69) is 10.4 Å². The molecule has 3 amide bonds. The van der Waals surface area contributed by atoms with Crippen LogP contribution in [0.1, 0.15) is 16.8 Å². The van der Waals surface area contributed by atoms with Crippen molar-refractivity contribution in [3.05, 3.63) is 11.8 Å². The number of amides is 3. The highest BCUT2D eigenvalue weighted by Gasteiger charge is 2.43. The standard InChI is InChI=1S/C15H21N5O4/c1-16-13(22)9-4-12(21)20(6-9)10-7-19(8-10)14(23)11-5-17-18(2)15(11)24-3/h5,9-10H,4,6-8H2,1-3H3,(H,16,22). The summed E-state index contributed by atoms with van der Waals surface area (Å²) < 4.78 is 6.70. The van der Waals surface area contributed by atoms with Gasteiger partial charge in [0.1, 0.15) is 5.56 Å².